The van der Waals surface area contributed by atoms with E-state index in [4.69, 9.17) is 0 Å². The number of phenolic OH excluding ortho intramolecular Hbond substituents is 2. The van der Waals surface area contributed by atoms with Gasteiger partial charge in [0.05, 0.1) is 10.6 Å². The maximum Gasteiger partial charge on any atom is 0.270 e. The molecule has 1 heterocycles. The molecule has 0 saturated carbocycles. The van der Waals surface area contributed by atoms with Crippen LogP contribution in [-0.4, -0.2) is 20.1 Å². The number of aromatic hydroxyl groups is 2. The number of hydrogen-bond donors (Lipinski definition) is 2. The van der Waals surface area contributed by atoms with Gasteiger partial charge >= 0.3 is 0 Å². The molecule has 0 aliphatic carbocycles. The van der Waals surface area contributed by atoms with Gasteiger partial charge in [0, 0.05) is 34.7 Å². The second-order valence-electron chi connectivity index (χ2n) is 4.55. The van der Waals surface area contributed by atoms with Gasteiger partial charge in [-0.25, -0.2) is 4.98 Å². The van der Waals surface area contributed by atoms with Gasteiger partial charge in [0.1, 0.15) is 16.5 Å². The Morgan fingerprint density at radius 2 is 1.95 bits per heavy atom. The molecule has 1 aromatic heterocycles. The summed E-state index contributed by atoms with van der Waals surface area (Å²) in [6.45, 7) is 0. The lowest BCUT2D eigenvalue weighted by atomic mass is 10.1. The van der Waals surface area contributed by atoms with Crippen molar-refractivity contribution >= 4 is 17.0 Å². The van der Waals surface area contributed by atoms with Crippen LogP contribution in [0.15, 0.2) is 47.8 Å². The van der Waals surface area contributed by atoms with Gasteiger partial charge in [-0.2, -0.15) is 0 Å². The Kier molecular flexibility index (Phi) is 3.48. The molecule has 0 fully saturated rings. The molecule has 110 valence electrons. The topological polar surface area (TPSA) is 96.5 Å². The quantitative estimate of drug-likeness (QED) is 0.566. The average molecular weight is 314 g/mol. The zero-order chi connectivity index (χ0) is 15.7. The molecule has 0 unspecified atom stereocenters. The molecular formula is C15H10N2O4S. The standard InChI is InChI=1S/C15H10N2O4S/c18-11-4-5-12(14(19)7-11)13-8-22-15(16-13)9-2-1-3-10(6-9)17(20)21/h1-8,18-19H. The van der Waals surface area contributed by atoms with E-state index in [1.807, 2.05) is 0 Å². The van der Waals surface area contributed by atoms with E-state index in [1.54, 1.807) is 23.6 Å². The number of nitrogens with zero attached hydrogens (tertiary/aromatic N) is 2. The van der Waals surface area contributed by atoms with Crippen molar-refractivity contribution in [3.8, 4) is 33.3 Å². The van der Waals surface area contributed by atoms with Crippen LogP contribution in [0.2, 0.25) is 0 Å². The lowest BCUT2D eigenvalue weighted by Gasteiger charge is -2.01. The molecule has 3 aromatic rings. The molecular weight excluding hydrogens is 304 g/mol. The minimum Gasteiger partial charge on any atom is -0.508 e. The van der Waals surface area contributed by atoms with E-state index in [0.29, 0.717) is 21.8 Å². The van der Waals surface area contributed by atoms with E-state index in [9.17, 15) is 20.3 Å². The Labute approximate surface area is 129 Å². The largest absolute Gasteiger partial charge is 0.508 e. The van der Waals surface area contributed by atoms with Crippen LogP contribution in [0.4, 0.5) is 5.69 Å². The maximum atomic E-state index is 10.8. The number of rotatable bonds is 3. The van der Waals surface area contributed by atoms with E-state index >= 15 is 0 Å². The zero-order valence-corrected chi connectivity index (χ0v) is 11.9. The molecule has 22 heavy (non-hydrogen) atoms. The van der Waals surface area contributed by atoms with Crippen molar-refractivity contribution in [2.75, 3.05) is 0 Å². The molecule has 0 radical (unpaired) electrons. The predicted octanol–water partition coefficient (Wildman–Crippen LogP) is 3.80. The molecule has 6 nitrogen and oxygen atoms in total. The van der Waals surface area contributed by atoms with E-state index in [-0.39, 0.29) is 17.2 Å². The monoisotopic (exact) mass is 314 g/mol. The van der Waals surface area contributed by atoms with Gasteiger partial charge in [-0.3, -0.25) is 10.1 Å². The highest BCUT2D eigenvalue weighted by molar-refractivity contribution is 7.13. The molecule has 0 bridgehead atoms. The van der Waals surface area contributed by atoms with Crippen LogP contribution in [0.5, 0.6) is 11.5 Å². The number of phenols is 2. The van der Waals surface area contributed by atoms with Crippen LogP contribution >= 0.6 is 11.3 Å². The third-order valence-electron chi connectivity index (χ3n) is 3.07. The normalized spacial score (nSPS) is 10.5. The van der Waals surface area contributed by atoms with Gasteiger partial charge in [0.2, 0.25) is 0 Å². The number of aromatic nitrogens is 1. The third-order valence-corrected chi connectivity index (χ3v) is 3.96. The number of non-ortho nitro benzene ring substituents is 1. The first kappa shape index (κ1) is 14.0. The molecule has 0 aliphatic rings. The molecule has 0 atom stereocenters. The molecule has 2 N–H and O–H groups in total. The van der Waals surface area contributed by atoms with Gasteiger partial charge in [-0.05, 0) is 12.1 Å². The van der Waals surface area contributed by atoms with Crippen molar-refractivity contribution in [3.63, 3.8) is 0 Å². The highest BCUT2D eigenvalue weighted by Gasteiger charge is 2.13. The van der Waals surface area contributed by atoms with Crippen LogP contribution in [0.3, 0.4) is 0 Å². The Hall–Kier alpha value is -2.93. The fraction of sp³-hybridized carbons (Fsp3) is 0. The summed E-state index contributed by atoms with van der Waals surface area (Å²) in [5.74, 6) is -0.105. The lowest BCUT2D eigenvalue weighted by molar-refractivity contribution is -0.384. The van der Waals surface area contributed by atoms with E-state index in [2.05, 4.69) is 4.98 Å². The summed E-state index contributed by atoms with van der Waals surface area (Å²) in [7, 11) is 0. The minimum atomic E-state index is -0.455. The summed E-state index contributed by atoms with van der Waals surface area (Å²) in [4.78, 5) is 14.8. The summed E-state index contributed by atoms with van der Waals surface area (Å²) in [6, 6.07) is 10.5. The van der Waals surface area contributed by atoms with Crippen LogP contribution in [0, 0.1) is 10.1 Å². The van der Waals surface area contributed by atoms with Crippen LogP contribution in [-0.2, 0) is 0 Å². The number of thiazole rings is 1. The smallest absolute Gasteiger partial charge is 0.270 e. The van der Waals surface area contributed by atoms with Crippen molar-refractivity contribution in [2.24, 2.45) is 0 Å². The number of nitro benzene ring substituents is 1. The number of hydrogen-bond acceptors (Lipinski definition) is 6. The van der Waals surface area contributed by atoms with Gasteiger partial charge in [-0.1, -0.05) is 12.1 Å². The highest BCUT2D eigenvalue weighted by Crippen LogP contribution is 2.35. The molecule has 0 spiro atoms. The van der Waals surface area contributed by atoms with Gasteiger partial charge in [0.15, 0.2) is 0 Å². The summed E-state index contributed by atoms with van der Waals surface area (Å²) in [6.07, 6.45) is 0. The van der Waals surface area contributed by atoms with Crippen LogP contribution in [0.25, 0.3) is 21.8 Å². The maximum absolute atomic E-state index is 10.8. The lowest BCUT2D eigenvalue weighted by Crippen LogP contribution is -1.88. The molecule has 7 heteroatoms. The van der Waals surface area contributed by atoms with E-state index < -0.39 is 4.92 Å². The highest BCUT2D eigenvalue weighted by atomic mass is 32.1. The van der Waals surface area contributed by atoms with Gasteiger partial charge in [0.25, 0.3) is 5.69 Å². The average Bonchev–Trinajstić information content (AvgIpc) is 2.97. The third kappa shape index (κ3) is 2.61. The fourth-order valence-electron chi connectivity index (χ4n) is 2.02. The van der Waals surface area contributed by atoms with Crippen molar-refractivity contribution in [1.29, 1.82) is 0 Å². The van der Waals surface area contributed by atoms with E-state index in [1.165, 1.54) is 35.6 Å². The number of benzene rings is 2. The summed E-state index contributed by atoms with van der Waals surface area (Å²) < 4.78 is 0. The first-order chi connectivity index (χ1) is 10.5. The fourth-order valence-corrected chi connectivity index (χ4v) is 2.84. The second kappa shape index (κ2) is 5.45. The van der Waals surface area contributed by atoms with E-state index in [0.717, 1.165) is 0 Å². The summed E-state index contributed by atoms with van der Waals surface area (Å²) >= 11 is 1.32. The Balaban J connectivity index is 2.00. The first-order valence-corrected chi connectivity index (χ1v) is 7.15. The molecule has 0 saturated heterocycles. The Bertz CT molecular complexity index is 860. The van der Waals surface area contributed by atoms with Crippen molar-refractivity contribution in [2.45, 2.75) is 0 Å². The first-order valence-electron chi connectivity index (χ1n) is 6.27. The number of nitro groups is 1. The van der Waals surface area contributed by atoms with Crippen molar-refractivity contribution in [1.82, 2.24) is 4.98 Å². The SMILES string of the molecule is O=[N+]([O-])c1cccc(-c2nc(-c3ccc(O)cc3O)cs2)c1. The summed E-state index contributed by atoms with van der Waals surface area (Å²) in [5.41, 5.74) is 1.68. The molecule has 3 rings (SSSR count). The molecule has 2 aromatic carbocycles. The zero-order valence-electron chi connectivity index (χ0n) is 11.1. The second-order valence-corrected chi connectivity index (χ2v) is 5.40. The van der Waals surface area contributed by atoms with Gasteiger partial charge < -0.3 is 10.2 Å². The molecule has 0 aliphatic heterocycles. The Morgan fingerprint density at radius 1 is 1.14 bits per heavy atom. The van der Waals surface area contributed by atoms with Crippen molar-refractivity contribution < 1.29 is 15.1 Å². The predicted molar refractivity (Wildman–Crippen MR) is 83.0 cm³/mol. The van der Waals surface area contributed by atoms with Crippen molar-refractivity contribution in [3.05, 3.63) is 58.0 Å². The van der Waals surface area contributed by atoms with Crippen LogP contribution < -0.4 is 0 Å². The molecule has 0 amide bonds. The summed E-state index contributed by atoms with van der Waals surface area (Å²) in [5, 5.41) is 32.4. The Morgan fingerprint density at radius 3 is 2.68 bits per heavy atom. The minimum absolute atomic E-state index is 0.00160. The van der Waals surface area contributed by atoms with Gasteiger partial charge in [-0.15, -0.1) is 11.3 Å². The van der Waals surface area contributed by atoms with Crippen LogP contribution in [0.1, 0.15) is 0 Å².